The van der Waals surface area contributed by atoms with Crippen LogP contribution in [-0.2, 0) is 23.9 Å². The molecule has 12 heteroatoms. The van der Waals surface area contributed by atoms with Crippen LogP contribution in [0.25, 0.3) is 0 Å². The normalized spacial score (nSPS) is 13.8. The van der Waals surface area contributed by atoms with Crippen molar-refractivity contribution in [3.8, 4) is 5.75 Å². The molecule has 0 saturated carbocycles. The van der Waals surface area contributed by atoms with Crippen molar-refractivity contribution in [2.75, 3.05) is 26.2 Å². The van der Waals surface area contributed by atoms with Gasteiger partial charge in [0.05, 0.1) is 30.2 Å². The molecule has 270 valence electrons. The number of aromatic nitrogens is 1. The topological polar surface area (TPSA) is 165 Å². The molecule has 1 fully saturated rings. The van der Waals surface area contributed by atoms with Gasteiger partial charge in [0.1, 0.15) is 17.2 Å². The van der Waals surface area contributed by atoms with Crippen LogP contribution >= 0.6 is 0 Å². The molecule has 2 heterocycles. The van der Waals surface area contributed by atoms with Gasteiger partial charge < -0.3 is 29.7 Å². The van der Waals surface area contributed by atoms with Crippen LogP contribution in [0.4, 0.5) is 0 Å². The molecule has 0 bridgehead atoms. The molecule has 0 aliphatic carbocycles. The predicted octanol–water partition coefficient (Wildman–Crippen LogP) is 5.22. The number of pyridine rings is 1. The summed E-state index contributed by atoms with van der Waals surface area (Å²) < 4.78 is 17.4. The van der Waals surface area contributed by atoms with Crippen molar-refractivity contribution in [1.82, 2.24) is 14.8 Å². The summed E-state index contributed by atoms with van der Waals surface area (Å²) in [6.45, 7) is 6.11. The molecular weight excluding hydrogens is 662 g/mol. The van der Waals surface area contributed by atoms with Crippen molar-refractivity contribution in [3.63, 3.8) is 0 Å². The van der Waals surface area contributed by atoms with E-state index in [-0.39, 0.29) is 49.6 Å². The zero-order chi connectivity index (χ0) is 37.3. The summed E-state index contributed by atoms with van der Waals surface area (Å²) in [5, 5.41) is 7.97. The molecule has 1 aromatic heterocycles. The lowest BCUT2D eigenvalue weighted by molar-refractivity contribution is -0.160. The lowest BCUT2D eigenvalue weighted by Crippen LogP contribution is -2.55. The predicted molar refractivity (Wildman–Crippen MR) is 193 cm³/mol. The maximum absolute atomic E-state index is 13.6. The van der Waals surface area contributed by atoms with Gasteiger partial charge in [0.2, 0.25) is 0 Å². The molecule has 1 atom stereocenters. The van der Waals surface area contributed by atoms with Gasteiger partial charge in [0, 0.05) is 32.0 Å². The number of nitrogens with two attached hydrogens (primary N) is 1. The average Bonchev–Trinajstić information content (AvgIpc) is 3.13. The Balaban J connectivity index is 1.22. The Morgan fingerprint density at radius 1 is 0.885 bits per heavy atom. The highest BCUT2D eigenvalue weighted by Crippen LogP contribution is 2.31. The number of hydrogen-bond acceptors (Lipinski definition) is 9. The van der Waals surface area contributed by atoms with Crippen LogP contribution in [-0.4, -0.2) is 76.2 Å². The Hall–Kier alpha value is -6.04. The van der Waals surface area contributed by atoms with Crippen molar-refractivity contribution < 1.29 is 33.4 Å². The zero-order valence-electron chi connectivity index (χ0n) is 29.5. The third-order valence-electron chi connectivity index (χ3n) is 8.34. The molecule has 2 amide bonds. The molecule has 52 heavy (non-hydrogen) atoms. The Labute approximate surface area is 303 Å². The van der Waals surface area contributed by atoms with Crippen LogP contribution in [0.5, 0.6) is 5.75 Å². The van der Waals surface area contributed by atoms with Crippen LogP contribution < -0.4 is 10.5 Å². The van der Waals surface area contributed by atoms with Crippen molar-refractivity contribution in [2.45, 2.75) is 51.4 Å². The van der Waals surface area contributed by atoms with E-state index in [4.69, 9.17) is 25.4 Å². The molecule has 3 N–H and O–H groups in total. The number of benzene rings is 3. The number of carbonyl (C=O) groups is 4. The maximum atomic E-state index is 13.6. The number of hydrogen-bond donors (Lipinski definition) is 2. The number of nitrogen functional groups attached to an aromatic ring is 1. The van der Waals surface area contributed by atoms with Crippen molar-refractivity contribution in [3.05, 3.63) is 131 Å². The standard InChI is InChI=1S/C40H43N5O7/c1-40(2,3)52-39(49)29-17-18-33(31(24-29)36(41)42)50-23-11-20-44-21-22-45(38(48)37(44)47)32(30-16-10-19-43-26-30)25-34(46)51-35(27-12-6-4-7-13-27)28-14-8-5-9-15-28/h4-10,12-19,24,26,32,35H,11,20-23,25H2,1-3H3,(H3,41,42). The Kier molecular flexibility index (Phi) is 12.0. The van der Waals surface area contributed by atoms with Gasteiger partial charge in [-0.15, -0.1) is 0 Å². The summed E-state index contributed by atoms with van der Waals surface area (Å²) in [7, 11) is 0. The number of rotatable bonds is 14. The van der Waals surface area contributed by atoms with E-state index in [0.29, 0.717) is 17.7 Å². The molecule has 1 saturated heterocycles. The van der Waals surface area contributed by atoms with Crippen molar-refractivity contribution in [2.24, 2.45) is 5.73 Å². The second-order valence-corrected chi connectivity index (χ2v) is 13.3. The first-order valence-corrected chi connectivity index (χ1v) is 17.0. The summed E-state index contributed by atoms with van der Waals surface area (Å²) >= 11 is 0. The molecule has 12 nitrogen and oxygen atoms in total. The van der Waals surface area contributed by atoms with Crippen molar-refractivity contribution >= 4 is 29.6 Å². The van der Waals surface area contributed by atoms with Crippen LogP contribution in [0.3, 0.4) is 0 Å². The molecule has 0 radical (unpaired) electrons. The fourth-order valence-corrected chi connectivity index (χ4v) is 5.87. The smallest absolute Gasteiger partial charge is 0.338 e. The lowest BCUT2D eigenvalue weighted by atomic mass is 10.0. The number of carbonyl (C=O) groups excluding carboxylic acids is 4. The number of amidine groups is 1. The Bertz CT molecular complexity index is 1840. The van der Waals surface area contributed by atoms with Gasteiger partial charge in [-0.25, -0.2) is 4.79 Å². The van der Waals surface area contributed by atoms with Crippen LogP contribution in [0.2, 0.25) is 0 Å². The molecule has 3 aromatic carbocycles. The lowest BCUT2D eigenvalue weighted by Gasteiger charge is -2.38. The van der Waals surface area contributed by atoms with Crippen molar-refractivity contribution in [1.29, 1.82) is 5.41 Å². The van der Waals surface area contributed by atoms with Gasteiger partial charge in [0.15, 0.2) is 6.10 Å². The third-order valence-corrected chi connectivity index (χ3v) is 8.34. The highest BCUT2D eigenvalue weighted by atomic mass is 16.6. The summed E-state index contributed by atoms with van der Waals surface area (Å²) in [5.41, 5.74) is 7.78. The first kappa shape index (κ1) is 37.2. The van der Waals surface area contributed by atoms with E-state index in [1.807, 2.05) is 60.7 Å². The van der Waals surface area contributed by atoms with Crippen LogP contribution in [0, 0.1) is 5.41 Å². The Morgan fingerprint density at radius 2 is 1.54 bits per heavy atom. The fraction of sp³-hybridized carbons (Fsp3) is 0.300. The fourth-order valence-electron chi connectivity index (χ4n) is 5.87. The molecule has 1 unspecified atom stereocenters. The van der Waals surface area contributed by atoms with E-state index < -0.39 is 41.5 Å². The second-order valence-electron chi connectivity index (χ2n) is 13.3. The summed E-state index contributed by atoms with van der Waals surface area (Å²) in [4.78, 5) is 60.2. The number of piperazine rings is 1. The monoisotopic (exact) mass is 705 g/mol. The molecule has 1 aliphatic rings. The third kappa shape index (κ3) is 9.59. The number of esters is 2. The molecule has 4 aromatic rings. The summed E-state index contributed by atoms with van der Waals surface area (Å²) in [6.07, 6.45) is 2.72. The van der Waals surface area contributed by atoms with E-state index in [1.54, 1.807) is 51.4 Å². The average molecular weight is 706 g/mol. The van der Waals surface area contributed by atoms with Gasteiger partial charge in [-0.1, -0.05) is 66.7 Å². The number of nitrogens with one attached hydrogen (secondary N) is 1. The zero-order valence-corrected chi connectivity index (χ0v) is 29.5. The SMILES string of the molecule is CC(C)(C)OC(=O)c1ccc(OCCCN2CCN(C(CC(=O)OC(c3ccccc3)c3ccccc3)c3cccnc3)C(=O)C2=O)c(C(=N)N)c1. The van der Waals surface area contributed by atoms with Gasteiger partial charge in [-0.3, -0.25) is 24.8 Å². The highest BCUT2D eigenvalue weighted by molar-refractivity contribution is 6.35. The van der Waals surface area contributed by atoms with E-state index in [1.165, 1.54) is 21.9 Å². The minimum absolute atomic E-state index is 0.155. The first-order valence-electron chi connectivity index (χ1n) is 17.0. The summed E-state index contributed by atoms with van der Waals surface area (Å²) in [6, 6.07) is 26.1. The van der Waals surface area contributed by atoms with Gasteiger partial charge >= 0.3 is 23.8 Å². The first-order chi connectivity index (χ1) is 24.9. The van der Waals surface area contributed by atoms with E-state index in [9.17, 15) is 19.2 Å². The molecule has 0 spiro atoms. The molecule has 1 aliphatic heterocycles. The van der Waals surface area contributed by atoms with E-state index >= 15 is 0 Å². The largest absolute Gasteiger partial charge is 0.493 e. The molecular formula is C40H43N5O7. The number of nitrogens with zero attached hydrogens (tertiary/aromatic N) is 3. The number of amides is 2. The Morgan fingerprint density at radius 3 is 2.13 bits per heavy atom. The second kappa shape index (κ2) is 16.8. The maximum Gasteiger partial charge on any atom is 0.338 e. The quantitative estimate of drug-likeness (QED) is 0.0588. The van der Waals surface area contributed by atoms with Gasteiger partial charge in [0.25, 0.3) is 0 Å². The minimum atomic E-state index is -0.774. The van der Waals surface area contributed by atoms with Gasteiger partial charge in [-0.2, -0.15) is 0 Å². The number of ether oxygens (including phenoxy) is 3. The van der Waals surface area contributed by atoms with E-state index in [2.05, 4.69) is 4.98 Å². The summed E-state index contributed by atoms with van der Waals surface area (Å²) in [5.74, 6) is -2.47. The van der Waals surface area contributed by atoms with E-state index in [0.717, 1.165) is 11.1 Å². The highest BCUT2D eigenvalue weighted by Gasteiger charge is 2.38. The minimum Gasteiger partial charge on any atom is -0.493 e. The van der Waals surface area contributed by atoms with Gasteiger partial charge in [-0.05, 0) is 68.1 Å². The molecule has 5 rings (SSSR count). The van der Waals surface area contributed by atoms with Crippen LogP contribution in [0.15, 0.2) is 103 Å². The van der Waals surface area contributed by atoms with Crippen LogP contribution in [0.1, 0.15) is 78.4 Å².